The standard InChI is InChI=1S/C10H15NS2/c1-7-3-4-9(5-7)13-10-11-8(2)6-12-10/h6-7,9H,3-5H2,1-2H3. The van der Waals surface area contributed by atoms with Crippen LogP contribution in [-0.2, 0) is 0 Å². The monoisotopic (exact) mass is 213 g/mol. The predicted octanol–water partition coefficient (Wildman–Crippen LogP) is 3.73. The zero-order valence-corrected chi connectivity index (χ0v) is 9.75. The first-order valence-electron chi connectivity index (χ1n) is 4.83. The third kappa shape index (κ3) is 2.47. The summed E-state index contributed by atoms with van der Waals surface area (Å²) >= 11 is 3.77. The van der Waals surface area contributed by atoms with E-state index < -0.39 is 0 Å². The highest BCUT2D eigenvalue weighted by molar-refractivity contribution is 8.01. The number of nitrogens with zero attached hydrogens (tertiary/aromatic N) is 1. The van der Waals surface area contributed by atoms with Crippen LogP contribution in [0.4, 0.5) is 0 Å². The van der Waals surface area contributed by atoms with Gasteiger partial charge in [0.1, 0.15) is 4.34 Å². The number of aryl methyl sites for hydroxylation is 1. The van der Waals surface area contributed by atoms with Crippen molar-refractivity contribution in [1.29, 1.82) is 0 Å². The molecule has 2 rings (SSSR count). The third-order valence-corrected chi connectivity index (χ3v) is 4.90. The molecule has 2 unspecified atom stereocenters. The molecule has 2 atom stereocenters. The van der Waals surface area contributed by atoms with Crippen molar-refractivity contribution in [1.82, 2.24) is 4.98 Å². The van der Waals surface area contributed by atoms with E-state index in [-0.39, 0.29) is 0 Å². The van der Waals surface area contributed by atoms with Gasteiger partial charge in [0.2, 0.25) is 0 Å². The number of aromatic nitrogens is 1. The number of thiazole rings is 1. The average molecular weight is 213 g/mol. The lowest BCUT2D eigenvalue weighted by molar-refractivity contribution is 0.613. The maximum Gasteiger partial charge on any atom is 0.150 e. The Morgan fingerprint density at radius 1 is 1.54 bits per heavy atom. The van der Waals surface area contributed by atoms with Crippen LogP contribution in [0.5, 0.6) is 0 Å². The molecular weight excluding hydrogens is 198 g/mol. The molecule has 0 aromatic carbocycles. The molecule has 1 fully saturated rings. The molecule has 0 aliphatic heterocycles. The number of hydrogen-bond donors (Lipinski definition) is 0. The normalized spacial score (nSPS) is 28.2. The van der Waals surface area contributed by atoms with E-state index >= 15 is 0 Å². The summed E-state index contributed by atoms with van der Waals surface area (Å²) in [5.74, 6) is 0.929. The molecule has 0 amide bonds. The highest BCUT2D eigenvalue weighted by Crippen LogP contribution is 2.38. The Balaban J connectivity index is 1.91. The Kier molecular flexibility index (Phi) is 2.94. The number of hydrogen-bond acceptors (Lipinski definition) is 3. The van der Waals surface area contributed by atoms with Crippen LogP contribution in [-0.4, -0.2) is 10.2 Å². The molecule has 0 spiro atoms. The zero-order valence-electron chi connectivity index (χ0n) is 8.12. The van der Waals surface area contributed by atoms with Crippen molar-refractivity contribution < 1.29 is 0 Å². The fraction of sp³-hybridized carbons (Fsp3) is 0.700. The molecule has 0 radical (unpaired) electrons. The summed E-state index contributed by atoms with van der Waals surface area (Å²) in [4.78, 5) is 4.48. The molecule has 1 nitrogen and oxygen atoms in total. The molecule has 72 valence electrons. The molecule has 3 heteroatoms. The summed E-state index contributed by atoms with van der Waals surface area (Å²) < 4.78 is 1.26. The Bertz CT molecular complexity index is 282. The lowest BCUT2D eigenvalue weighted by Gasteiger charge is -2.05. The molecule has 0 bridgehead atoms. The highest BCUT2D eigenvalue weighted by Gasteiger charge is 2.22. The summed E-state index contributed by atoms with van der Waals surface area (Å²) in [6, 6.07) is 0. The molecule has 1 saturated carbocycles. The van der Waals surface area contributed by atoms with Gasteiger partial charge in [0.15, 0.2) is 0 Å². The quantitative estimate of drug-likeness (QED) is 0.742. The molecular formula is C10H15NS2. The minimum Gasteiger partial charge on any atom is -0.235 e. The van der Waals surface area contributed by atoms with Crippen LogP contribution in [0, 0.1) is 12.8 Å². The van der Waals surface area contributed by atoms with E-state index in [4.69, 9.17) is 0 Å². The summed E-state index contributed by atoms with van der Waals surface area (Å²) in [5.41, 5.74) is 1.17. The molecule has 1 aliphatic rings. The SMILES string of the molecule is Cc1csc(SC2CCC(C)C2)n1. The van der Waals surface area contributed by atoms with Crippen LogP contribution < -0.4 is 0 Å². The van der Waals surface area contributed by atoms with E-state index in [9.17, 15) is 0 Å². The van der Waals surface area contributed by atoms with E-state index in [0.717, 1.165) is 11.2 Å². The van der Waals surface area contributed by atoms with Gasteiger partial charge in [-0.05, 0) is 32.1 Å². The smallest absolute Gasteiger partial charge is 0.150 e. The van der Waals surface area contributed by atoms with Gasteiger partial charge in [0.05, 0.1) is 0 Å². The van der Waals surface area contributed by atoms with Crippen LogP contribution in [0.1, 0.15) is 31.9 Å². The summed E-state index contributed by atoms with van der Waals surface area (Å²) in [7, 11) is 0. The van der Waals surface area contributed by atoms with Crippen LogP contribution in [0.2, 0.25) is 0 Å². The largest absolute Gasteiger partial charge is 0.235 e. The van der Waals surface area contributed by atoms with Gasteiger partial charge in [0.25, 0.3) is 0 Å². The average Bonchev–Trinajstić information content (AvgIpc) is 2.62. The lowest BCUT2D eigenvalue weighted by atomic mass is 10.1. The second-order valence-electron chi connectivity index (χ2n) is 3.91. The van der Waals surface area contributed by atoms with Gasteiger partial charge in [-0.1, -0.05) is 18.7 Å². The highest BCUT2D eigenvalue weighted by atomic mass is 32.2. The Morgan fingerprint density at radius 3 is 2.92 bits per heavy atom. The zero-order chi connectivity index (χ0) is 9.26. The first-order valence-corrected chi connectivity index (χ1v) is 6.59. The van der Waals surface area contributed by atoms with Gasteiger partial charge in [0, 0.05) is 16.3 Å². The van der Waals surface area contributed by atoms with Gasteiger partial charge >= 0.3 is 0 Å². The van der Waals surface area contributed by atoms with E-state index in [0.29, 0.717) is 0 Å². The van der Waals surface area contributed by atoms with Crippen molar-refractivity contribution in [2.45, 2.75) is 42.7 Å². The van der Waals surface area contributed by atoms with Gasteiger partial charge in [-0.2, -0.15) is 0 Å². The van der Waals surface area contributed by atoms with Crippen LogP contribution in [0.3, 0.4) is 0 Å². The van der Waals surface area contributed by atoms with Gasteiger partial charge in [-0.15, -0.1) is 11.3 Å². The van der Waals surface area contributed by atoms with Crippen molar-refractivity contribution in [3.8, 4) is 0 Å². The van der Waals surface area contributed by atoms with E-state index in [2.05, 4.69) is 24.2 Å². The van der Waals surface area contributed by atoms with E-state index in [1.165, 1.54) is 29.3 Å². The first kappa shape index (κ1) is 9.53. The lowest BCUT2D eigenvalue weighted by Crippen LogP contribution is -1.94. The Morgan fingerprint density at radius 2 is 2.38 bits per heavy atom. The molecule has 1 aromatic heterocycles. The van der Waals surface area contributed by atoms with Crippen molar-refractivity contribution in [2.75, 3.05) is 0 Å². The van der Waals surface area contributed by atoms with Crippen molar-refractivity contribution in [2.24, 2.45) is 5.92 Å². The minimum atomic E-state index is 0.834. The number of rotatable bonds is 2. The second-order valence-corrected chi connectivity index (χ2v) is 6.32. The Labute approximate surface area is 88.0 Å². The van der Waals surface area contributed by atoms with Crippen molar-refractivity contribution >= 4 is 23.1 Å². The van der Waals surface area contributed by atoms with Crippen LogP contribution in [0.15, 0.2) is 9.72 Å². The van der Waals surface area contributed by atoms with Crippen molar-refractivity contribution in [3.05, 3.63) is 11.1 Å². The Hall–Kier alpha value is -0.0200. The van der Waals surface area contributed by atoms with E-state index in [1.54, 1.807) is 11.3 Å². The summed E-state index contributed by atoms with van der Waals surface area (Å²) in [6.45, 7) is 4.42. The maximum atomic E-state index is 4.48. The maximum absolute atomic E-state index is 4.48. The number of thioether (sulfide) groups is 1. The molecule has 1 heterocycles. The fourth-order valence-corrected chi connectivity index (χ4v) is 4.25. The van der Waals surface area contributed by atoms with Gasteiger partial charge < -0.3 is 0 Å². The molecule has 0 saturated heterocycles. The minimum absolute atomic E-state index is 0.834. The van der Waals surface area contributed by atoms with Crippen LogP contribution >= 0.6 is 23.1 Å². The van der Waals surface area contributed by atoms with Gasteiger partial charge in [-0.25, -0.2) is 4.98 Å². The van der Waals surface area contributed by atoms with E-state index in [1.807, 2.05) is 11.8 Å². The first-order chi connectivity index (χ1) is 6.24. The van der Waals surface area contributed by atoms with Crippen molar-refractivity contribution in [3.63, 3.8) is 0 Å². The molecule has 1 aromatic rings. The predicted molar refractivity (Wildman–Crippen MR) is 59.5 cm³/mol. The summed E-state index contributed by atoms with van der Waals surface area (Å²) in [6.07, 6.45) is 4.16. The van der Waals surface area contributed by atoms with Gasteiger partial charge in [-0.3, -0.25) is 0 Å². The fourth-order valence-electron chi connectivity index (χ4n) is 1.79. The molecule has 1 aliphatic carbocycles. The third-order valence-electron chi connectivity index (χ3n) is 2.51. The molecule has 13 heavy (non-hydrogen) atoms. The summed E-state index contributed by atoms with van der Waals surface area (Å²) in [5, 5.41) is 2.97. The topological polar surface area (TPSA) is 12.9 Å². The second kappa shape index (κ2) is 4.01. The van der Waals surface area contributed by atoms with Crippen LogP contribution in [0.25, 0.3) is 0 Å². The molecule has 0 N–H and O–H groups in total.